The molecule has 1 amide bonds. The number of phenols is 1. The minimum absolute atomic E-state index is 0. The molecular formula is C23H30BN2O8. The molecule has 0 heterocycles. The van der Waals surface area contributed by atoms with Crippen LogP contribution in [0.25, 0.3) is 5.76 Å². The summed E-state index contributed by atoms with van der Waals surface area (Å²) in [4.78, 5) is 40.0. The zero-order valence-electron chi connectivity index (χ0n) is 18.2. The molecule has 0 aliphatic heterocycles. The van der Waals surface area contributed by atoms with Crippen molar-refractivity contribution in [2.45, 2.75) is 38.0 Å². The summed E-state index contributed by atoms with van der Waals surface area (Å²) in [5, 5.41) is 54.9. The zero-order valence-corrected chi connectivity index (χ0v) is 18.2. The van der Waals surface area contributed by atoms with E-state index in [9.17, 15) is 39.9 Å². The van der Waals surface area contributed by atoms with E-state index in [1.165, 1.54) is 44.1 Å². The van der Waals surface area contributed by atoms with Crippen molar-refractivity contribution in [3.63, 3.8) is 0 Å². The summed E-state index contributed by atoms with van der Waals surface area (Å²) in [5.41, 5.74) is -0.548. The van der Waals surface area contributed by atoms with Crippen molar-refractivity contribution in [1.82, 2.24) is 4.90 Å². The summed E-state index contributed by atoms with van der Waals surface area (Å²) in [6.07, 6.45) is -0.200. The second kappa shape index (κ2) is 8.26. The smallest absolute Gasteiger partial charge is 0.255 e. The van der Waals surface area contributed by atoms with E-state index >= 15 is 0 Å². The molecule has 1 aromatic carbocycles. The normalized spacial score (nSPS) is 32.4. The topological polar surface area (TPSA) is 182 Å². The highest BCUT2D eigenvalue weighted by Crippen LogP contribution is 2.57. The number of aliphatic hydroxyl groups is 4. The molecule has 0 spiro atoms. The van der Waals surface area contributed by atoms with Crippen LogP contribution in [0.5, 0.6) is 5.75 Å². The second-order valence-corrected chi connectivity index (χ2v) is 8.96. The molecule has 0 bridgehead atoms. The van der Waals surface area contributed by atoms with E-state index in [4.69, 9.17) is 5.73 Å². The Morgan fingerprint density at radius 3 is 2.29 bits per heavy atom. The molecular weight excluding hydrogens is 443 g/mol. The maximum atomic E-state index is 13.7. The Bertz CT molecular complexity index is 1160. The van der Waals surface area contributed by atoms with E-state index in [-0.39, 0.29) is 34.8 Å². The third-order valence-electron chi connectivity index (χ3n) is 7.02. The lowest BCUT2D eigenvalue weighted by atomic mass is 9.54. The number of carbonyl (C=O) groups excluding carboxylic acids is 3. The van der Waals surface area contributed by atoms with Crippen LogP contribution < -0.4 is 5.73 Å². The highest BCUT2D eigenvalue weighted by molar-refractivity contribution is 6.24. The molecule has 3 aliphatic carbocycles. The van der Waals surface area contributed by atoms with Gasteiger partial charge in [-0.05, 0) is 39.1 Å². The van der Waals surface area contributed by atoms with Gasteiger partial charge in [0.1, 0.15) is 22.8 Å². The number of fused-ring (bicyclic) bond motifs is 3. The van der Waals surface area contributed by atoms with E-state index in [1.807, 2.05) is 0 Å². The monoisotopic (exact) mass is 474 g/mol. The Morgan fingerprint density at radius 2 is 1.76 bits per heavy atom. The maximum absolute atomic E-state index is 13.7. The van der Waals surface area contributed by atoms with Crippen LogP contribution in [0, 0.1) is 11.8 Å². The molecule has 0 saturated heterocycles. The Balaban J connectivity index is 0.00000204. The van der Waals surface area contributed by atoms with Crippen molar-refractivity contribution in [1.29, 1.82) is 0 Å². The van der Waals surface area contributed by atoms with Gasteiger partial charge in [0.25, 0.3) is 5.91 Å². The molecule has 11 heteroatoms. The van der Waals surface area contributed by atoms with E-state index < -0.39 is 75.0 Å². The minimum atomic E-state index is -2.75. The number of Topliss-reactive ketones (excluding diaryl/α,β-unsaturated/α-hetero) is 2. The van der Waals surface area contributed by atoms with Crippen LogP contribution in [-0.4, -0.2) is 82.1 Å². The highest BCUT2D eigenvalue weighted by atomic mass is 16.3. The molecule has 183 valence electrons. The van der Waals surface area contributed by atoms with Gasteiger partial charge in [0.15, 0.2) is 11.4 Å². The number of nitrogens with zero attached hydrogens (tertiary/aromatic N) is 1. The van der Waals surface area contributed by atoms with Gasteiger partial charge in [-0.3, -0.25) is 19.3 Å². The van der Waals surface area contributed by atoms with Crippen LogP contribution in [0.3, 0.4) is 0 Å². The van der Waals surface area contributed by atoms with Crippen LogP contribution in [0.1, 0.15) is 33.3 Å². The molecule has 1 fully saturated rings. The van der Waals surface area contributed by atoms with E-state index in [0.29, 0.717) is 0 Å². The molecule has 7 N–H and O–H groups in total. The standard InChI is InChI=1S/C22H24N2O8.CH4.B.H2/c1-21(31)8-5-4-6-11(25)12(8)16(26)13-9(21)7-10-15(24(2)3)17(27)14(20(23)30)19(29)22(10,32)18(13)28;;;/h4-6,9-10,15,25-26,29,31-32H,7H2,1-3H3,(H2,23,30);1H4;;1H/t9-,10-,15?,21+,22-;;;/m0.../s1/i;;;1+1. The van der Waals surface area contributed by atoms with Gasteiger partial charge in [-0.25, -0.2) is 0 Å². The Hall–Kier alpha value is -3.15. The van der Waals surface area contributed by atoms with Gasteiger partial charge < -0.3 is 31.3 Å². The van der Waals surface area contributed by atoms with Gasteiger partial charge in [-0.1, -0.05) is 19.6 Å². The molecule has 1 aromatic rings. The summed E-state index contributed by atoms with van der Waals surface area (Å²) in [5.74, 6) is -7.90. The first-order chi connectivity index (χ1) is 14.8. The van der Waals surface area contributed by atoms with Gasteiger partial charge in [0.05, 0.1) is 17.2 Å². The molecule has 1 unspecified atom stereocenters. The van der Waals surface area contributed by atoms with Crippen molar-refractivity contribution in [3.8, 4) is 5.75 Å². The lowest BCUT2D eigenvalue weighted by Gasteiger charge is -2.53. The summed E-state index contributed by atoms with van der Waals surface area (Å²) in [6.45, 7) is 1.40. The van der Waals surface area contributed by atoms with Gasteiger partial charge in [0.2, 0.25) is 5.78 Å². The lowest BCUT2D eigenvalue weighted by molar-refractivity contribution is -0.159. The van der Waals surface area contributed by atoms with Crippen molar-refractivity contribution in [2.75, 3.05) is 14.1 Å². The second-order valence-electron chi connectivity index (χ2n) is 8.96. The molecule has 10 nitrogen and oxygen atoms in total. The number of hydrogen-bond donors (Lipinski definition) is 6. The van der Waals surface area contributed by atoms with E-state index in [0.717, 1.165) is 0 Å². The van der Waals surface area contributed by atoms with Crippen LogP contribution in [0.2, 0.25) is 0 Å². The van der Waals surface area contributed by atoms with Gasteiger partial charge in [0, 0.05) is 27.2 Å². The quantitative estimate of drug-likeness (QED) is 0.256. The molecule has 4 rings (SSSR count). The van der Waals surface area contributed by atoms with Crippen molar-refractivity contribution in [3.05, 3.63) is 46.2 Å². The minimum Gasteiger partial charge on any atom is -0.508 e. The molecule has 0 aromatic heterocycles. The fraction of sp³-hybridized carbons (Fsp3) is 0.435. The van der Waals surface area contributed by atoms with Crippen molar-refractivity contribution in [2.24, 2.45) is 17.6 Å². The molecule has 34 heavy (non-hydrogen) atoms. The largest absolute Gasteiger partial charge is 0.508 e. The van der Waals surface area contributed by atoms with Crippen molar-refractivity contribution >= 4 is 31.6 Å². The summed E-state index contributed by atoms with van der Waals surface area (Å²) in [7, 11) is 3.01. The number of rotatable bonds is 2. The number of aliphatic hydroxyl groups excluding tert-OH is 2. The summed E-state index contributed by atoms with van der Waals surface area (Å²) in [6, 6.07) is 3.02. The first-order valence-electron chi connectivity index (χ1n) is 9.97. The zero-order chi connectivity index (χ0) is 23.9. The maximum Gasteiger partial charge on any atom is 0.255 e. The first-order valence-corrected chi connectivity index (χ1v) is 9.97. The predicted octanol–water partition coefficient (Wildman–Crippen LogP) is 0.130. The number of amides is 1. The third kappa shape index (κ3) is 3.11. The Kier molecular flexibility index (Phi) is 6.58. The Labute approximate surface area is 200 Å². The number of benzene rings is 1. The summed E-state index contributed by atoms with van der Waals surface area (Å²) < 4.78 is 0. The number of carbonyl (C=O) groups is 3. The average Bonchev–Trinajstić information content (AvgIpc) is 2.68. The number of aromatic hydroxyl groups is 1. The summed E-state index contributed by atoms with van der Waals surface area (Å²) >= 11 is 0. The van der Waals surface area contributed by atoms with Crippen LogP contribution in [0.15, 0.2) is 35.1 Å². The van der Waals surface area contributed by atoms with Crippen LogP contribution in [0.4, 0.5) is 0 Å². The molecule has 3 radical (unpaired) electrons. The number of nitrogens with two attached hydrogens (primary N) is 1. The number of hydrogen-bond acceptors (Lipinski definition) is 9. The SMILES string of the molecule is C.CN(C)C1C(=O)C(C(N)=O)=C(O)[C@@]2(O)C(=O)C3=C(O)c4c(O)cccc4[C@@](C)(O)[C@H]3C[C@@H]12.[2HH].[B]. The van der Waals surface area contributed by atoms with Gasteiger partial charge in [-0.2, -0.15) is 0 Å². The van der Waals surface area contributed by atoms with Gasteiger partial charge in [-0.15, -0.1) is 0 Å². The Morgan fingerprint density at radius 1 is 1.18 bits per heavy atom. The first kappa shape index (κ1) is 27.1. The lowest BCUT2D eigenvalue weighted by Crippen LogP contribution is -2.67. The molecule has 3 aliphatic rings. The molecule has 1 saturated carbocycles. The number of phenolic OH excluding ortho intramolecular Hbond substituents is 1. The predicted molar refractivity (Wildman–Crippen MR) is 125 cm³/mol. The fourth-order valence-corrected chi connectivity index (χ4v) is 5.50. The van der Waals surface area contributed by atoms with Gasteiger partial charge >= 0.3 is 0 Å². The third-order valence-corrected chi connectivity index (χ3v) is 7.02. The average molecular weight is 474 g/mol. The number of ketones is 2. The number of likely N-dealkylation sites (N-methyl/N-ethyl adjacent to an activating group) is 1. The van der Waals surface area contributed by atoms with Crippen molar-refractivity contribution < 1.29 is 41.3 Å². The van der Waals surface area contributed by atoms with Crippen LogP contribution >= 0.6 is 0 Å². The van der Waals surface area contributed by atoms with Crippen LogP contribution in [-0.2, 0) is 20.0 Å². The highest BCUT2D eigenvalue weighted by Gasteiger charge is 2.66. The van der Waals surface area contributed by atoms with E-state index in [1.54, 1.807) is 0 Å². The number of primary amides is 1. The van der Waals surface area contributed by atoms with E-state index in [2.05, 4.69) is 0 Å². The molecule has 5 atom stereocenters. The fourth-order valence-electron chi connectivity index (χ4n) is 5.50.